The fourth-order valence-electron chi connectivity index (χ4n) is 3.36. The maximum atomic E-state index is 12.9. The van der Waals surface area contributed by atoms with E-state index >= 15 is 0 Å². The quantitative estimate of drug-likeness (QED) is 0.297. The van der Waals surface area contributed by atoms with Crippen LogP contribution in [0.5, 0.6) is 0 Å². The Labute approximate surface area is 209 Å². The second-order valence-corrected chi connectivity index (χ2v) is 12.8. The number of thiazole rings is 1. The molecule has 0 aliphatic carbocycles. The SMILES string of the molecule is Cc1cc(-c2ccc(C(F)(F)F)cc2)cc(-c2nc(-c3ccc(S(=O)(=O)NC(C)(C)C)s3)cs2)n1. The van der Waals surface area contributed by atoms with Crippen LogP contribution in [0.1, 0.15) is 32.0 Å². The Kier molecular flexibility index (Phi) is 6.64. The summed E-state index contributed by atoms with van der Waals surface area (Å²) in [5.41, 5.74) is 2.00. The summed E-state index contributed by atoms with van der Waals surface area (Å²) in [6, 6.07) is 11.9. The molecule has 1 N–H and O–H groups in total. The van der Waals surface area contributed by atoms with Crippen LogP contribution in [0.3, 0.4) is 0 Å². The minimum absolute atomic E-state index is 0.204. The number of nitrogens with one attached hydrogen (secondary N) is 1. The van der Waals surface area contributed by atoms with Crippen LogP contribution in [-0.4, -0.2) is 23.9 Å². The number of halogens is 3. The Bertz CT molecular complexity index is 1470. The molecule has 0 saturated carbocycles. The first-order valence-electron chi connectivity index (χ1n) is 10.5. The van der Waals surface area contributed by atoms with E-state index in [1.807, 2.05) is 12.3 Å². The molecule has 0 amide bonds. The number of thiophene rings is 1. The highest BCUT2D eigenvalue weighted by molar-refractivity contribution is 7.91. The van der Waals surface area contributed by atoms with E-state index < -0.39 is 27.3 Å². The summed E-state index contributed by atoms with van der Waals surface area (Å²) in [7, 11) is -3.64. The van der Waals surface area contributed by atoms with Gasteiger partial charge in [-0.2, -0.15) is 13.2 Å². The lowest BCUT2D eigenvalue weighted by atomic mass is 10.0. The number of sulfonamides is 1. The van der Waals surface area contributed by atoms with Gasteiger partial charge >= 0.3 is 6.18 Å². The van der Waals surface area contributed by atoms with Gasteiger partial charge in [0.25, 0.3) is 10.0 Å². The van der Waals surface area contributed by atoms with Gasteiger partial charge in [0.15, 0.2) is 0 Å². The minimum Gasteiger partial charge on any atom is -0.251 e. The highest BCUT2D eigenvalue weighted by atomic mass is 32.2. The predicted molar refractivity (Wildman–Crippen MR) is 134 cm³/mol. The standard InChI is InChI=1S/C24H22F3N3O2S3/c1-14-11-16(15-5-7-17(8-6-15)24(25,26)27)12-18(28-14)22-29-19(13-33-22)20-9-10-21(34-20)35(31,32)30-23(2,3)4/h5-13,30H,1-4H3. The van der Waals surface area contributed by atoms with Gasteiger partial charge in [-0.25, -0.2) is 18.1 Å². The Morgan fingerprint density at radius 1 is 0.886 bits per heavy atom. The van der Waals surface area contributed by atoms with Crippen molar-refractivity contribution in [2.45, 2.75) is 43.6 Å². The van der Waals surface area contributed by atoms with Gasteiger partial charge in [0, 0.05) is 16.6 Å². The van der Waals surface area contributed by atoms with Crippen molar-refractivity contribution in [3.63, 3.8) is 0 Å². The molecule has 0 atom stereocenters. The molecule has 1 aromatic carbocycles. The molecule has 0 fully saturated rings. The van der Waals surface area contributed by atoms with Crippen molar-refractivity contribution in [2.75, 3.05) is 0 Å². The van der Waals surface area contributed by atoms with Crippen LogP contribution in [0.15, 0.2) is 58.1 Å². The van der Waals surface area contributed by atoms with E-state index in [4.69, 9.17) is 0 Å². The smallest absolute Gasteiger partial charge is 0.251 e. The fraction of sp³-hybridized carbons (Fsp3) is 0.250. The molecule has 0 saturated heterocycles. The Hall–Kier alpha value is -2.60. The van der Waals surface area contributed by atoms with Gasteiger partial charge in [0.1, 0.15) is 9.22 Å². The average Bonchev–Trinajstić information content (AvgIpc) is 3.41. The summed E-state index contributed by atoms with van der Waals surface area (Å²) in [4.78, 5) is 9.89. The second-order valence-electron chi connectivity index (χ2n) is 8.97. The molecule has 35 heavy (non-hydrogen) atoms. The van der Waals surface area contributed by atoms with Crippen molar-refractivity contribution < 1.29 is 21.6 Å². The second kappa shape index (κ2) is 9.12. The van der Waals surface area contributed by atoms with Crippen molar-refractivity contribution in [3.05, 3.63) is 65.2 Å². The van der Waals surface area contributed by atoms with Gasteiger partial charge in [0.2, 0.25) is 0 Å². The normalized spacial score (nSPS) is 12.8. The molecule has 0 radical (unpaired) electrons. The molecule has 3 heterocycles. The summed E-state index contributed by atoms with van der Waals surface area (Å²) >= 11 is 2.49. The lowest BCUT2D eigenvalue weighted by molar-refractivity contribution is -0.137. The summed E-state index contributed by atoms with van der Waals surface area (Å²) in [6.07, 6.45) is -4.39. The fourth-order valence-corrected chi connectivity index (χ4v) is 6.90. The molecule has 3 aromatic heterocycles. The summed E-state index contributed by atoms with van der Waals surface area (Å²) < 4.78 is 66.8. The number of aromatic nitrogens is 2. The zero-order chi connectivity index (χ0) is 25.6. The topological polar surface area (TPSA) is 72.0 Å². The van der Waals surface area contributed by atoms with Crippen molar-refractivity contribution >= 4 is 32.7 Å². The van der Waals surface area contributed by atoms with Crippen LogP contribution in [0.2, 0.25) is 0 Å². The van der Waals surface area contributed by atoms with Gasteiger partial charge in [-0.1, -0.05) is 12.1 Å². The molecule has 0 aliphatic rings. The minimum atomic E-state index is -4.39. The predicted octanol–water partition coefficient (Wildman–Crippen LogP) is 7.00. The van der Waals surface area contributed by atoms with Crippen molar-refractivity contribution in [1.29, 1.82) is 0 Å². The highest BCUT2D eigenvalue weighted by Gasteiger charge is 2.30. The highest BCUT2D eigenvalue weighted by Crippen LogP contribution is 2.36. The molecule has 0 spiro atoms. The Morgan fingerprint density at radius 3 is 2.20 bits per heavy atom. The molecule has 0 aliphatic heterocycles. The maximum Gasteiger partial charge on any atom is 0.416 e. The lowest BCUT2D eigenvalue weighted by Crippen LogP contribution is -2.40. The molecule has 4 aromatic rings. The van der Waals surface area contributed by atoms with E-state index in [0.717, 1.165) is 29.0 Å². The molecule has 4 rings (SSSR count). The Balaban J connectivity index is 1.62. The Morgan fingerprint density at radius 2 is 1.57 bits per heavy atom. The lowest BCUT2D eigenvalue weighted by Gasteiger charge is -2.19. The maximum absolute atomic E-state index is 12.9. The van der Waals surface area contributed by atoms with Crippen LogP contribution in [0, 0.1) is 6.92 Å². The van der Waals surface area contributed by atoms with E-state index in [1.54, 1.807) is 45.0 Å². The third kappa shape index (κ3) is 5.97. The number of aryl methyl sites for hydroxylation is 1. The van der Waals surface area contributed by atoms with E-state index in [0.29, 0.717) is 32.5 Å². The molecule has 5 nitrogen and oxygen atoms in total. The number of benzene rings is 1. The van der Waals surface area contributed by atoms with E-state index in [9.17, 15) is 21.6 Å². The number of rotatable bonds is 5. The number of alkyl halides is 3. The van der Waals surface area contributed by atoms with Gasteiger partial charge in [-0.3, -0.25) is 4.98 Å². The van der Waals surface area contributed by atoms with E-state index in [2.05, 4.69) is 14.7 Å². The van der Waals surface area contributed by atoms with Gasteiger partial charge in [-0.05, 0) is 75.2 Å². The molecule has 184 valence electrons. The first-order chi connectivity index (χ1) is 16.2. The molecule has 0 bridgehead atoms. The zero-order valence-corrected chi connectivity index (χ0v) is 21.7. The summed E-state index contributed by atoms with van der Waals surface area (Å²) in [5.74, 6) is 0. The molecule has 0 unspecified atom stereocenters. The summed E-state index contributed by atoms with van der Waals surface area (Å²) in [5, 5.41) is 2.46. The summed E-state index contributed by atoms with van der Waals surface area (Å²) in [6.45, 7) is 7.14. The average molecular weight is 538 g/mol. The van der Waals surface area contributed by atoms with Crippen LogP contribution in [-0.2, 0) is 16.2 Å². The first kappa shape index (κ1) is 25.5. The van der Waals surface area contributed by atoms with Crippen LogP contribution < -0.4 is 4.72 Å². The number of hydrogen-bond donors (Lipinski definition) is 1. The number of nitrogens with zero attached hydrogens (tertiary/aromatic N) is 2. The third-order valence-corrected chi connectivity index (χ3v) is 8.98. The zero-order valence-electron chi connectivity index (χ0n) is 19.3. The van der Waals surface area contributed by atoms with Crippen LogP contribution in [0.25, 0.3) is 32.4 Å². The number of hydrogen-bond acceptors (Lipinski definition) is 6. The molecular formula is C24H22F3N3O2S3. The number of pyridine rings is 1. The van der Waals surface area contributed by atoms with Crippen LogP contribution >= 0.6 is 22.7 Å². The van der Waals surface area contributed by atoms with E-state index in [1.165, 1.54) is 23.5 Å². The van der Waals surface area contributed by atoms with Crippen molar-refractivity contribution in [3.8, 4) is 32.4 Å². The van der Waals surface area contributed by atoms with E-state index in [-0.39, 0.29) is 4.21 Å². The van der Waals surface area contributed by atoms with Crippen molar-refractivity contribution in [1.82, 2.24) is 14.7 Å². The van der Waals surface area contributed by atoms with Gasteiger partial charge in [-0.15, -0.1) is 22.7 Å². The third-order valence-electron chi connectivity index (χ3n) is 4.76. The largest absolute Gasteiger partial charge is 0.416 e. The first-order valence-corrected chi connectivity index (χ1v) is 13.7. The molecule has 11 heteroatoms. The molecular weight excluding hydrogens is 515 g/mol. The monoisotopic (exact) mass is 537 g/mol. The van der Waals surface area contributed by atoms with Crippen LogP contribution in [0.4, 0.5) is 13.2 Å². The van der Waals surface area contributed by atoms with Gasteiger partial charge < -0.3 is 0 Å². The van der Waals surface area contributed by atoms with Gasteiger partial charge in [0.05, 0.1) is 21.8 Å². The van der Waals surface area contributed by atoms with Crippen molar-refractivity contribution in [2.24, 2.45) is 0 Å².